The van der Waals surface area contributed by atoms with Crippen molar-refractivity contribution in [2.75, 3.05) is 16.8 Å². The van der Waals surface area contributed by atoms with Crippen LogP contribution in [0, 0.1) is 0 Å². The monoisotopic (exact) mass is 414 g/mol. The number of aromatic amines is 1. The maximum absolute atomic E-state index is 12.3. The molecule has 0 fully saturated rings. The summed E-state index contributed by atoms with van der Waals surface area (Å²) in [6, 6.07) is 14.1. The van der Waals surface area contributed by atoms with Gasteiger partial charge in [0.1, 0.15) is 0 Å². The number of thioether (sulfide) groups is 2. The minimum Gasteiger partial charge on any atom is -0.324 e. The smallest absolute Gasteiger partial charge is 0.237 e. The van der Waals surface area contributed by atoms with Crippen molar-refractivity contribution in [3.63, 3.8) is 0 Å². The van der Waals surface area contributed by atoms with Crippen LogP contribution in [0.1, 0.15) is 13.3 Å². The molecule has 0 saturated carbocycles. The first-order valence-corrected chi connectivity index (χ1v) is 11.4. The molecule has 138 valence electrons. The molecular formula is C19H18N4OS3. The van der Waals surface area contributed by atoms with Gasteiger partial charge < -0.3 is 4.98 Å². The number of hydrogen-bond acceptors (Lipinski definition) is 6. The van der Waals surface area contributed by atoms with Gasteiger partial charge in [0.15, 0.2) is 4.34 Å². The van der Waals surface area contributed by atoms with Crippen LogP contribution in [0.15, 0.2) is 51.7 Å². The van der Waals surface area contributed by atoms with Crippen molar-refractivity contribution < 1.29 is 4.79 Å². The average molecular weight is 415 g/mol. The van der Waals surface area contributed by atoms with Crippen LogP contribution in [-0.4, -0.2) is 32.4 Å². The number of imidazole rings is 1. The number of H-pyrrole nitrogens is 1. The zero-order chi connectivity index (χ0) is 18.6. The molecule has 0 radical (unpaired) electrons. The SMILES string of the molecule is CCCSc1ccc2nc(NC(=O)CSc3nc4ccccc4s3)[nH]c2c1. The quantitative estimate of drug-likeness (QED) is 0.396. The van der Waals surface area contributed by atoms with Gasteiger partial charge >= 0.3 is 0 Å². The van der Waals surface area contributed by atoms with Crippen LogP contribution in [0.2, 0.25) is 0 Å². The van der Waals surface area contributed by atoms with E-state index in [2.05, 4.69) is 39.3 Å². The van der Waals surface area contributed by atoms with Gasteiger partial charge in [-0.3, -0.25) is 10.1 Å². The zero-order valence-corrected chi connectivity index (χ0v) is 17.1. The third-order valence-electron chi connectivity index (χ3n) is 3.79. The highest BCUT2D eigenvalue weighted by Gasteiger charge is 2.10. The highest BCUT2D eigenvalue weighted by Crippen LogP contribution is 2.29. The van der Waals surface area contributed by atoms with Crippen LogP contribution < -0.4 is 5.32 Å². The highest BCUT2D eigenvalue weighted by atomic mass is 32.2. The molecule has 27 heavy (non-hydrogen) atoms. The minimum absolute atomic E-state index is 0.0982. The van der Waals surface area contributed by atoms with Gasteiger partial charge in [-0.2, -0.15) is 0 Å². The fourth-order valence-electron chi connectivity index (χ4n) is 2.57. The van der Waals surface area contributed by atoms with E-state index in [9.17, 15) is 4.79 Å². The zero-order valence-electron chi connectivity index (χ0n) is 14.7. The summed E-state index contributed by atoms with van der Waals surface area (Å²) >= 11 is 4.87. The van der Waals surface area contributed by atoms with Gasteiger partial charge in [0, 0.05) is 4.90 Å². The van der Waals surface area contributed by atoms with E-state index >= 15 is 0 Å². The molecule has 2 heterocycles. The van der Waals surface area contributed by atoms with Gasteiger partial charge in [0.25, 0.3) is 0 Å². The number of anilines is 1. The number of amides is 1. The summed E-state index contributed by atoms with van der Waals surface area (Å²) in [5.41, 5.74) is 2.76. The third-order valence-corrected chi connectivity index (χ3v) is 7.16. The minimum atomic E-state index is -0.0982. The van der Waals surface area contributed by atoms with Crippen molar-refractivity contribution >= 4 is 68.0 Å². The van der Waals surface area contributed by atoms with E-state index in [0.29, 0.717) is 11.7 Å². The van der Waals surface area contributed by atoms with Crippen molar-refractivity contribution in [3.05, 3.63) is 42.5 Å². The predicted octanol–water partition coefficient (Wildman–Crippen LogP) is 5.41. The summed E-state index contributed by atoms with van der Waals surface area (Å²) in [6.45, 7) is 2.17. The lowest BCUT2D eigenvalue weighted by Gasteiger charge is -1.99. The second-order valence-corrected chi connectivity index (χ2v) is 9.32. The second kappa shape index (κ2) is 8.33. The Kier molecular flexibility index (Phi) is 5.66. The summed E-state index contributed by atoms with van der Waals surface area (Å²) in [4.78, 5) is 25.6. The largest absolute Gasteiger partial charge is 0.324 e. The third kappa shape index (κ3) is 4.45. The number of thiazole rings is 1. The standard InChI is InChI=1S/C19H18N4OS3/c1-2-9-25-12-7-8-13-15(10-12)21-18(20-13)23-17(24)11-26-19-22-14-5-3-4-6-16(14)27-19/h3-8,10H,2,9,11H2,1H3,(H2,20,21,23,24). The Morgan fingerprint density at radius 1 is 1.15 bits per heavy atom. The Morgan fingerprint density at radius 2 is 2.04 bits per heavy atom. The lowest BCUT2D eigenvalue weighted by atomic mass is 10.3. The molecule has 0 spiro atoms. The number of nitrogens with one attached hydrogen (secondary N) is 2. The number of carbonyl (C=O) groups excluding carboxylic acids is 1. The first kappa shape index (κ1) is 18.3. The molecule has 2 aromatic carbocycles. The van der Waals surface area contributed by atoms with Gasteiger partial charge in [0.2, 0.25) is 11.9 Å². The van der Waals surface area contributed by atoms with Crippen LogP contribution >= 0.6 is 34.9 Å². The van der Waals surface area contributed by atoms with Gasteiger partial charge in [0.05, 0.1) is 27.0 Å². The molecule has 4 aromatic rings. The van der Waals surface area contributed by atoms with E-state index in [1.54, 1.807) is 11.3 Å². The normalized spacial score (nSPS) is 11.3. The molecule has 0 unspecified atom stereocenters. The van der Waals surface area contributed by atoms with Crippen LogP contribution in [0.4, 0.5) is 5.95 Å². The van der Waals surface area contributed by atoms with Crippen molar-refractivity contribution in [2.24, 2.45) is 0 Å². The molecular weight excluding hydrogens is 396 g/mol. The number of hydrogen-bond donors (Lipinski definition) is 2. The number of nitrogens with zero attached hydrogens (tertiary/aromatic N) is 2. The van der Waals surface area contributed by atoms with Crippen molar-refractivity contribution in [2.45, 2.75) is 22.6 Å². The number of benzene rings is 2. The Balaban J connectivity index is 1.38. The molecule has 0 bridgehead atoms. The molecule has 8 heteroatoms. The summed E-state index contributed by atoms with van der Waals surface area (Å²) in [5.74, 6) is 1.78. The molecule has 4 rings (SSSR count). The van der Waals surface area contributed by atoms with Crippen LogP contribution in [0.25, 0.3) is 21.3 Å². The Morgan fingerprint density at radius 3 is 2.89 bits per heavy atom. The molecule has 1 amide bonds. The fraction of sp³-hybridized carbons (Fsp3) is 0.211. The van der Waals surface area contributed by atoms with Crippen LogP contribution in [0.3, 0.4) is 0 Å². The number of fused-ring (bicyclic) bond motifs is 2. The van der Waals surface area contributed by atoms with Crippen LogP contribution in [-0.2, 0) is 4.79 Å². The average Bonchev–Trinajstić information content (AvgIpc) is 3.27. The molecule has 2 N–H and O–H groups in total. The number of para-hydroxylation sites is 1. The molecule has 0 atom stereocenters. The van der Waals surface area contributed by atoms with E-state index in [-0.39, 0.29) is 5.91 Å². The number of aromatic nitrogens is 3. The first-order valence-electron chi connectivity index (χ1n) is 8.62. The molecule has 0 aliphatic carbocycles. The molecule has 5 nitrogen and oxygen atoms in total. The molecule has 0 aliphatic heterocycles. The summed E-state index contributed by atoms with van der Waals surface area (Å²) in [5, 5.41) is 2.84. The molecule has 0 aliphatic rings. The van der Waals surface area contributed by atoms with E-state index in [1.165, 1.54) is 16.7 Å². The Labute approximate surface area is 169 Å². The number of carbonyl (C=O) groups is 1. The van der Waals surface area contributed by atoms with Gasteiger partial charge in [-0.15, -0.1) is 23.1 Å². The summed E-state index contributed by atoms with van der Waals surface area (Å²) in [6.07, 6.45) is 1.14. The molecule has 0 saturated heterocycles. The Hall–Kier alpha value is -2.03. The highest BCUT2D eigenvalue weighted by molar-refractivity contribution is 8.01. The summed E-state index contributed by atoms with van der Waals surface area (Å²) in [7, 11) is 0. The lowest BCUT2D eigenvalue weighted by Crippen LogP contribution is -2.14. The second-order valence-electron chi connectivity index (χ2n) is 5.90. The first-order chi connectivity index (χ1) is 13.2. The maximum Gasteiger partial charge on any atom is 0.237 e. The van der Waals surface area contributed by atoms with Gasteiger partial charge in [-0.1, -0.05) is 30.8 Å². The lowest BCUT2D eigenvalue weighted by molar-refractivity contribution is -0.113. The van der Waals surface area contributed by atoms with E-state index in [4.69, 9.17) is 0 Å². The van der Waals surface area contributed by atoms with Gasteiger partial charge in [-0.05, 0) is 42.5 Å². The van der Waals surface area contributed by atoms with Gasteiger partial charge in [-0.25, -0.2) is 9.97 Å². The summed E-state index contributed by atoms with van der Waals surface area (Å²) < 4.78 is 2.03. The maximum atomic E-state index is 12.3. The van der Waals surface area contributed by atoms with Crippen molar-refractivity contribution in [1.82, 2.24) is 15.0 Å². The number of rotatable bonds is 7. The van der Waals surface area contributed by atoms with E-state index < -0.39 is 0 Å². The topological polar surface area (TPSA) is 70.7 Å². The van der Waals surface area contributed by atoms with E-state index in [0.717, 1.165) is 37.8 Å². The van der Waals surface area contributed by atoms with E-state index in [1.807, 2.05) is 42.1 Å². The molecule has 2 aromatic heterocycles. The fourth-order valence-corrected chi connectivity index (χ4v) is 5.24. The predicted molar refractivity (Wildman–Crippen MR) is 116 cm³/mol. The van der Waals surface area contributed by atoms with Crippen molar-refractivity contribution in [1.29, 1.82) is 0 Å². The van der Waals surface area contributed by atoms with Crippen molar-refractivity contribution in [3.8, 4) is 0 Å². The van der Waals surface area contributed by atoms with Crippen LogP contribution in [0.5, 0.6) is 0 Å². The Bertz CT molecular complexity index is 1060.